The number of rotatable bonds is 5. The van der Waals surface area contributed by atoms with E-state index in [9.17, 15) is 8.42 Å². The zero-order valence-corrected chi connectivity index (χ0v) is 13.9. The zero-order valence-electron chi connectivity index (χ0n) is 9.88. The van der Waals surface area contributed by atoms with Crippen molar-refractivity contribution in [3.8, 4) is 0 Å². The molecule has 0 aromatic carbocycles. The van der Waals surface area contributed by atoms with Crippen LogP contribution < -0.4 is 4.72 Å². The molecule has 0 saturated heterocycles. The van der Waals surface area contributed by atoms with Gasteiger partial charge in [0.15, 0.2) is 0 Å². The Hall–Kier alpha value is 0.380. The highest BCUT2D eigenvalue weighted by atomic mass is 79.9. The summed E-state index contributed by atoms with van der Waals surface area (Å²) in [6.07, 6.45) is 1.71. The summed E-state index contributed by atoms with van der Waals surface area (Å²) in [5.41, 5.74) is -0.448. The average molecular weight is 361 g/mol. The lowest BCUT2D eigenvalue weighted by Gasteiger charge is -2.24. The van der Waals surface area contributed by atoms with Crippen LogP contribution in [0.2, 0.25) is 5.02 Å². The molecule has 0 atom stereocenters. The molecule has 1 aromatic heterocycles. The normalized spacial score (nSPS) is 13.0. The molecule has 0 spiro atoms. The largest absolute Gasteiger partial charge is 0.250 e. The van der Waals surface area contributed by atoms with E-state index < -0.39 is 15.6 Å². The van der Waals surface area contributed by atoms with Gasteiger partial charge in [-0.15, -0.1) is 11.3 Å². The Bertz CT molecular complexity index is 477. The molecule has 7 heteroatoms. The lowest BCUT2D eigenvalue weighted by atomic mass is 10.0. The van der Waals surface area contributed by atoms with Crippen LogP contribution in [0.4, 0.5) is 0 Å². The second-order valence-electron chi connectivity index (χ2n) is 4.43. The molecule has 1 heterocycles. The van der Waals surface area contributed by atoms with Crippen molar-refractivity contribution in [2.75, 3.05) is 0 Å². The minimum atomic E-state index is -3.49. The second-order valence-corrected chi connectivity index (χ2v) is 9.11. The molecule has 0 aliphatic carbocycles. The van der Waals surface area contributed by atoms with Crippen LogP contribution in [0.25, 0.3) is 0 Å². The third-order valence-electron chi connectivity index (χ3n) is 2.17. The Morgan fingerprint density at radius 1 is 1.53 bits per heavy atom. The Morgan fingerprint density at radius 2 is 2.12 bits per heavy atom. The summed E-state index contributed by atoms with van der Waals surface area (Å²) in [6, 6.07) is 1.46. The van der Waals surface area contributed by atoms with E-state index in [1.54, 1.807) is 0 Å². The van der Waals surface area contributed by atoms with E-state index in [1.807, 2.05) is 20.8 Å². The third-order valence-corrected chi connectivity index (χ3v) is 6.82. The summed E-state index contributed by atoms with van der Waals surface area (Å²) in [6.45, 7) is 5.77. The van der Waals surface area contributed by atoms with Gasteiger partial charge in [-0.05, 0) is 42.3 Å². The molecule has 1 aromatic rings. The summed E-state index contributed by atoms with van der Waals surface area (Å²) >= 11 is 10.2. The first-order chi connectivity index (χ1) is 7.68. The summed E-state index contributed by atoms with van der Waals surface area (Å²) < 4.78 is 27.8. The average Bonchev–Trinajstić information content (AvgIpc) is 2.45. The van der Waals surface area contributed by atoms with Crippen LogP contribution in [0, 0.1) is 0 Å². The Balaban J connectivity index is 2.97. The van der Waals surface area contributed by atoms with E-state index in [-0.39, 0.29) is 4.21 Å². The highest BCUT2D eigenvalue weighted by molar-refractivity contribution is 9.11. The predicted octanol–water partition coefficient (Wildman–Crippen LogP) is 4.02. The van der Waals surface area contributed by atoms with E-state index in [0.717, 1.165) is 24.2 Å². The summed E-state index contributed by atoms with van der Waals surface area (Å²) in [5, 5.41) is 0.420. The second kappa shape index (κ2) is 5.57. The predicted molar refractivity (Wildman–Crippen MR) is 76.3 cm³/mol. The molecule has 0 aliphatic heterocycles. The molecule has 0 saturated carbocycles. The first kappa shape index (κ1) is 15.4. The molecule has 0 radical (unpaired) electrons. The van der Waals surface area contributed by atoms with Crippen molar-refractivity contribution in [2.45, 2.75) is 43.4 Å². The van der Waals surface area contributed by atoms with Gasteiger partial charge in [0.05, 0.1) is 8.81 Å². The zero-order chi connectivity index (χ0) is 13.3. The van der Waals surface area contributed by atoms with E-state index in [1.165, 1.54) is 6.07 Å². The monoisotopic (exact) mass is 359 g/mol. The molecule has 0 unspecified atom stereocenters. The van der Waals surface area contributed by atoms with Gasteiger partial charge in [-0.25, -0.2) is 13.1 Å². The molecule has 0 aliphatic rings. The van der Waals surface area contributed by atoms with Crippen LogP contribution in [0.15, 0.2) is 14.1 Å². The Morgan fingerprint density at radius 3 is 2.53 bits per heavy atom. The number of thiophene rings is 1. The Kier molecular flexibility index (Phi) is 5.06. The molecule has 0 bridgehead atoms. The van der Waals surface area contributed by atoms with Gasteiger partial charge in [-0.2, -0.15) is 0 Å². The van der Waals surface area contributed by atoms with Gasteiger partial charge in [-0.3, -0.25) is 0 Å². The van der Waals surface area contributed by atoms with E-state index in [2.05, 4.69) is 20.7 Å². The number of sulfonamides is 1. The smallest absolute Gasteiger partial charge is 0.206 e. The van der Waals surface area contributed by atoms with Crippen LogP contribution in [0.5, 0.6) is 0 Å². The van der Waals surface area contributed by atoms with E-state index in [0.29, 0.717) is 8.81 Å². The van der Waals surface area contributed by atoms with Gasteiger partial charge in [-0.1, -0.05) is 24.9 Å². The maximum absolute atomic E-state index is 12.1. The van der Waals surface area contributed by atoms with Crippen molar-refractivity contribution in [1.29, 1.82) is 0 Å². The third kappa shape index (κ3) is 4.21. The fourth-order valence-electron chi connectivity index (χ4n) is 1.55. The highest BCUT2D eigenvalue weighted by Crippen LogP contribution is 2.35. The van der Waals surface area contributed by atoms with Crippen molar-refractivity contribution in [2.24, 2.45) is 0 Å². The molecule has 98 valence electrons. The Labute approximate surface area is 120 Å². The van der Waals surface area contributed by atoms with Gasteiger partial charge in [0.1, 0.15) is 4.21 Å². The number of hydrogen-bond acceptors (Lipinski definition) is 3. The maximum atomic E-state index is 12.1. The minimum absolute atomic E-state index is 0.235. The van der Waals surface area contributed by atoms with Crippen molar-refractivity contribution >= 4 is 48.9 Å². The van der Waals surface area contributed by atoms with Crippen LogP contribution in [0.3, 0.4) is 0 Å². The maximum Gasteiger partial charge on any atom is 0.250 e. The SMILES string of the molecule is CCCC(C)(C)NS(=O)(=O)c1cc(Cl)c(Br)s1. The number of halogens is 2. The van der Waals surface area contributed by atoms with Crippen molar-refractivity contribution in [3.05, 3.63) is 14.9 Å². The fourth-order valence-corrected chi connectivity index (χ4v) is 5.39. The molecule has 1 N–H and O–H groups in total. The summed E-state index contributed by atoms with van der Waals surface area (Å²) in [4.78, 5) is 0. The lowest BCUT2D eigenvalue weighted by Crippen LogP contribution is -2.42. The molecule has 3 nitrogen and oxygen atoms in total. The van der Waals surface area contributed by atoms with Crippen LogP contribution in [-0.2, 0) is 10.0 Å². The first-order valence-corrected chi connectivity index (χ1v) is 8.64. The quantitative estimate of drug-likeness (QED) is 0.862. The van der Waals surface area contributed by atoms with Gasteiger partial charge in [0.2, 0.25) is 0 Å². The fraction of sp³-hybridized carbons (Fsp3) is 0.600. The number of hydrogen-bond donors (Lipinski definition) is 1. The van der Waals surface area contributed by atoms with Gasteiger partial charge in [0, 0.05) is 5.54 Å². The van der Waals surface area contributed by atoms with Crippen LogP contribution in [-0.4, -0.2) is 14.0 Å². The van der Waals surface area contributed by atoms with Crippen LogP contribution >= 0.6 is 38.9 Å². The van der Waals surface area contributed by atoms with E-state index in [4.69, 9.17) is 11.6 Å². The van der Waals surface area contributed by atoms with Crippen LogP contribution in [0.1, 0.15) is 33.6 Å². The molecular formula is C10H15BrClNO2S2. The van der Waals surface area contributed by atoms with Crippen molar-refractivity contribution in [3.63, 3.8) is 0 Å². The van der Waals surface area contributed by atoms with E-state index >= 15 is 0 Å². The van der Waals surface area contributed by atoms with Gasteiger partial charge < -0.3 is 0 Å². The molecule has 1 rings (SSSR count). The first-order valence-electron chi connectivity index (χ1n) is 5.17. The highest BCUT2D eigenvalue weighted by Gasteiger charge is 2.27. The molecule has 0 fully saturated rings. The van der Waals surface area contributed by atoms with Gasteiger partial charge >= 0.3 is 0 Å². The lowest BCUT2D eigenvalue weighted by molar-refractivity contribution is 0.418. The number of nitrogens with one attached hydrogen (secondary N) is 1. The van der Waals surface area contributed by atoms with Gasteiger partial charge in [0.25, 0.3) is 10.0 Å². The molecular weight excluding hydrogens is 346 g/mol. The standard InChI is InChI=1S/C10H15BrClNO2S2/c1-4-5-10(2,3)13-17(14,15)8-6-7(12)9(11)16-8/h6,13H,4-5H2,1-3H3. The molecule has 17 heavy (non-hydrogen) atoms. The summed E-state index contributed by atoms with van der Waals surface area (Å²) in [5.74, 6) is 0. The topological polar surface area (TPSA) is 46.2 Å². The minimum Gasteiger partial charge on any atom is -0.206 e. The molecule has 0 amide bonds. The van der Waals surface area contributed by atoms with Crippen molar-refractivity contribution < 1.29 is 8.42 Å². The summed E-state index contributed by atoms with van der Waals surface area (Å²) in [7, 11) is -3.49. The van der Waals surface area contributed by atoms with Crippen molar-refractivity contribution in [1.82, 2.24) is 4.72 Å².